The molecule has 0 heterocycles. The smallest absolute Gasteiger partial charge is 0.0774 e. The third-order valence-corrected chi connectivity index (χ3v) is 4.88. The zero-order valence-corrected chi connectivity index (χ0v) is 11.9. The summed E-state index contributed by atoms with van der Waals surface area (Å²) in [4.78, 5) is 0. The van der Waals surface area contributed by atoms with Crippen molar-refractivity contribution in [2.75, 3.05) is 6.54 Å². The second-order valence-corrected chi connectivity index (χ2v) is 6.60. The summed E-state index contributed by atoms with van der Waals surface area (Å²) in [5.74, 6) is 0.663. The summed E-state index contributed by atoms with van der Waals surface area (Å²) < 4.78 is 0. The van der Waals surface area contributed by atoms with Crippen LogP contribution in [0.25, 0.3) is 0 Å². The van der Waals surface area contributed by atoms with Gasteiger partial charge in [-0.25, -0.2) is 0 Å². The Bertz CT molecular complexity index is 445. The Balaban J connectivity index is 1.61. The van der Waals surface area contributed by atoms with Gasteiger partial charge in [0.25, 0.3) is 0 Å². The van der Waals surface area contributed by atoms with E-state index in [4.69, 9.17) is 0 Å². The number of benzene rings is 1. The molecule has 2 nitrogen and oxygen atoms in total. The highest BCUT2D eigenvalue weighted by atomic mass is 16.3. The maximum atomic E-state index is 10.7. The molecule has 1 aromatic rings. The molecule has 2 N–H and O–H groups in total. The largest absolute Gasteiger partial charge is 0.389 e. The van der Waals surface area contributed by atoms with Crippen LogP contribution in [0.3, 0.4) is 0 Å². The first-order valence-corrected chi connectivity index (χ1v) is 7.70. The standard InChI is InChI=1S/C17H25NO/c1-13-5-4-10-17(19,11-13)12-18-16-9-8-14-6-2-3-7-15(14)16/h2-3,6-7,13,16,18-19H,4-5,8-12H2,1H3. The number of hydrogen-bond donors (Lipinski definition) is 2. The Morgan fingerprint density at radius 3 is 3.00 bits per heavy atom. The average Bonchev–Trinajstić information content (AvgIpc) is 2.79. The van der Waals surface area contributed by atoms with Crippen LogP contribution in [0.1, 0.15) is 56.2 Å². The molecule has 2 heteroatoms. The molecule has 19 heavy (non-hydrogen) atoms. The second-order valence-electron chi connectivity index (χ2n) is 6.60. The summed E-state index contributed by atoms with van der Waals surface area (Å²) in [6.07, 6.45) is 6.69. The van der Waals surface area contributed by atoms with E-state index in [0.717, 1.165) is 19.4 Å². The van der Waals surface area contributed by atoms with Crippen LogP contribution in [-0.4, -0.2) is 17.3 Å². The maximum absolute atomic E-state index is 10.7. The van der Waals surface area contributed by atoms with Gasteiger partial charge in [0.2, 0.25) is 0 Å². The lowest BCUT2D eigenvalue weighted by Gasteiger charge is -2.36. The number of fused-ring (bicyclic) bond motifs is 1. The predicted molar refractivity (Wildman–Crippen MR) is 78.1 cm³/mol. The van der Waals surface area contributed by atoms with E-state index in [0.29, 0.717) is 12.0 Å². The molecule has 2 aliphatic carbocycles. The van der Waals surface area contributed by atoms with Gasteiger partial charge in [0.15, 0.2) is 0 Å². The first-order chi connectivity index (χ1) is 9.16. The Labute approximate surface area is 116 Å². The molecule has 3 rings (SSSR count). The van der Waals surface area contributed by atoms with Gasteiger partial charge in [0, 0.05) is 12.6 Å². The Kier molecular flexibility index (Phi) is 3.64. The number of hydrogen-bond acceptors (Lipinski definition) is 2. The number of aliphatic hydroxyl groups is 1. The van der Waals surface area contributed by atoms with Crippen LogP contribution in [0, 0.1) is 5.92 Å². The first-order valence-electron chi connectivity index (χ1n) is 7.70. The molecule has 3 atom stereocenters. The minimum atomic E-state index is -0.477. The van der Waals surface area contributed by atoms with E-state index in [1.54, 1.807) is 0 Å². The van der Waals surface area contributed by atoms with E-state index in [1.807, 2.05) is 0 Å². The van der Waals surface area contributed by atoms with Crippen LogP contribution >= 0.6 is 0 Å². The van der Waals surface area contributed by atoms with Crippen molar-refractivity contribution >= 4 is 0 Å². The van der Waals surface area contributed by atoms with E-state index in [1.165, 1.54) is 36.8 Å². The molecule has 0 saturated heterocycles. The predicted octanol–water partition coefficient (Wildman–Crippen LogP) is 3.20. The van der Waals surface area contributed by atoms with Crippen molar-refractivity contribution in [3.63, 3.8) is 0 Å². The highest BCUT2D eigenvalue weighted by Gasteiger charge is 2.33. The third kappa shape index (κ3) is 2.85. The van der Waals surface area contributed by atoms with Crippen LogP contribution in [0.4, 0.5) is 0 Å². The van der Waals surface area contributed by atoms with Gasteiger partial charge >= 0.3 is 0 Å². The van der Waals surface area contributed by atoms with E-state index in [9.17, 15) is 5.11 Å². The number of rotatable bonds is 3. The molecule has 1 saturated carbocycles. The molecule has 3 unspecified atom stereocenters. The SMILES string of the molecule is CC1CCCC(O)(CNC2CCc3ccccc32)C1. The van der Waals surface area contributed by atoms with Gasteiger partial charge in [-0.05, 0) is 42.7 Å². The highest BCUT2D eigenvalue weighted by molar-refractivity contribution is 5.34. The molecular weight excluding hydrogens is 234 g/mol. The van der Waals surface area contributed by atoms with Crippen LogP contribution in [0.2, 0.25) is 0 Å². The fraction of sp³-hybridized carbons (Fsp3) is 0.647. The molecule has 0 radical (unpaired) electrons. The zero-order chi connectivity index (χ0) is 13.3. The van der Waals surface area contributed by atoms with Gasteiger partial charge in [-0.2, -0.15) is 0 Å². The van der Waals surface area contributed by atoms with Crippen molar-refractivity contribution in [3.8, 4) is 0 Å². The fourth-order valence-corrected chi connectivity index (χ4v) is 3.88. The highest BCUT2D eigenvalue weighted by Crippen LogP contribution is 2.34. The van der Waals surface area contributed by atoms with Crippen molar-refractivity contribution in [1.82, 2.24) is 5.32 Å². The summed E-state index contributed by atoms with van der Waals surface area (Å²) in [6.45, 7) is 3.01. The lowest BCUT2D eigenvalue weighted by molar-refractivity contribution is -0.0137. The molecular formula is C17H25NO. The maximum Gasteiger partial charge on any atom is 0.0774 e. The van der Waals surface area contributed by atoms with Gasteiger partial charge in [0.1, 0.15) is 0 Å². The van der Waals surface area contributed by atoms with Gasteiger partial charge < -0.3 is 10.4 Å². The number of nitrogens with one attached hydrogen (secondary N) is 1. The number of aryl methyl sites for hydroxylation is 1. The first kappa shape index (κ1) is 13.1. The van der Waals surface area contributed by atoms with E-state index in [-0.39, 0.29) is 0 Å². The van der Waals surface area contributed by atoms with Crippen molar-refractivity contribution in [2.24, 2.45) is 5.92 Å². The van der Waals surface area contributed by atoms with Crippen molar-refractivity contribution in [3.05, 3.63) is 35.4 Å². The quantitative estimate of drug-likeness (QED) is 0.873. The Morgan fingerprint density at radius 2 is 2.16 bits per heavy atom. The molecule has 104 valence electrons. The van der Waals surface area contributed by atoms with E-state index in [2.05, 4.69) is 36.5 Å². The fourth-order valence-electron chi connectivity index (χ4n) is 3.88. The minimum Gasteiger partial charge on any atom is -0.389 e. The van der Waals surface area contributed by atoms with Gasteiger partial charge in [-0.1, -0.05) is 44.0 Å². The Hall–Kier alpha value is -0.860. The summed E-state index contributed by atoms with van der Waals surface area (Å²) in [7, 11) is 0. The van der Waals surface area contributed by atoms with Gasteiger partial charge in [-0.3, -0.25) is 0 Å². The molecule has 0 aromatic heterocycles. The normalized spacial score (nSPS) is 34.2. The average molecular weight is 259 g/mol. The minimum absolute atomic E-state index is 0.442. The van der Waals surface area contributed by atoms with Crippen LogP contribution in [0.5, 0.6) is 0 Å². The van der Waals surface area contributed by atoms with E-state index < -0.39 is 5.60 Å². The summed E-state index contributed by atoms with van der Waals surface area (Å²) in [5.41, 5.74) is 2.44. The summed E-state index contributed by atoms with van der Waals surface area (Å²) in [6, 6.07) is 9.15. The molecule has 0 spiro atoms. The zero-order valence-electron chi connectivity index (χ0n) is 11.9. The molecule has 0 amide bonds. The van der Waals surface area contributed by atoms with Crippen molar-refractivity contribution < 1.29 is 5.11 Å². The summed E-state index contributed by atoms with van der Waals surface area (Å²) in [5, 5.41) is 14.3. The van der Waals surface area contributed by atoms with Crippen molar-refractivity contribution in [1.29, 1.82) is 0 Å². The Morgan fingerprint density at radius 1 is 1.32 bits per heavy atom. The van der Waals surface area contributed by atoms with Crippen LogP contribution < -0.4 is 5.32 Å². The molecule has 2 aliphatic rings. The van der Waals surface area contributed by atoms with Gasteiger partial charge in [0.05, 0.1) is 5.60 Å². The van der Waals surface area contributed by atoms with Crippen molar-refractivity contribution in [2.45, 2.75) is 57.1 Å². The lowest BCUT2D eigenvalue weighted by atomic mass is 9.79. The summed E-state index contributed by atoms with van der Waals surface area (Å²) >= 11 is 0. The molecule has 0 aliphatic heterocycles. The third-order valence-electron chi connectivity index (χ3n) is 4.88. The second kappa shape index (κ2) is 5.26. The molecule has 0 bridgehead atoms. The lowest BCUT2D eigenvalue weighted by Crippen LogP contribution is -2.44. The molecule has 1 aromatic carbocycles. The topological polar surface area (TPSA) is 32.3 Å². The van der Waals surface area contributed by atoms with E-state index >= 15 is 0 Å². The van der Waals surface area contributed by atoms with Crippen LogP contribution in [-0.2, 0) is 6.42 Å². The van der Waals surface area contributed by atoms with Crippen LogP contribution in [0.15, 0.2) is 24.3 Å². The molecule has 1 fully saturated rings. The van der Waals surface area contributed by atoms with Gasteiger partial charge in [-0.15, -0.1) is 0 Å². The monoisotopic (exact) mass is 259 g/mol.